The highest BCUT2D eigenvalue weighted by Gasteiger charge is 2.22. The van der Waals surface area contributed by atoms with Gasteiger partial charge >= 0.3 is 0 Å². The first-order chi connectivity index (χ1) is 9.10. The van der Waals surface area contributed by atoms with Crippen LogP contribution in [0.25, 0.3) is 0 Å². The fourth-order valence-corrected chi connectivity index (χ4v) is 3.19. The molecule has 2 nitrogen and oxygen atoms in total. The largest absolute Gasteiger partial charge is 0.305 e. The molecule has 1 aliphatic heterocycles. The molecule has 2 rings (SSSR count). The van der Waals surface area contributed by atoms with Gasteiger partial charge in [0.15, 0.2) is 0 Å². The van der Waals surface area contributed by atoms with Crippen molar-refractivity contribution < 1.29 is 4.39 Å². The van der Waals surface area contributed by atoms with Crippen molar-refractivity contribution >= 4 is 15.9 Å². The summed E-state index contributed by atoms with van der Waals surface area (Å²) in [5, 5.41) is 0. The fourth-order valence-electron chi connectivity index (χ4n) is 2.76. The molecule has 0 radical (unpaired) electrons. The Balaban J connectivity index is 2.08. The highest BCUT2D eigenvalue weighted by Crippen LogP contribution is 2.20. The lowest BCUT2D eigenvalue weighted by Gasteiger charge is -2.30. The van der Waals surface area contributed by atoms with Gasteiger partial charge in [0.05, 0.1) is 4.47 Å². The molecule has 0 spiro atoms. The molecule has 1 aromatic carbocycles. The van der Waals surface area contributed by atoms with Crippen molar-refractivity contribution in [1.29, 1.82) is 0 Å². The molecular formula is C15H22BrFN2. The fraction of sp³-hybridized carbons (Fsp3) is 0.600. The summed E-state index contributed by atoms with van der Waals surface area (Å²) < 4.78 is 13.8. The monoisotopic (exact) mass is 328 g/mol. The Kier molecular flexibility index (Phi) is 5.37. The van der Waals surface area contributed by atoms with Crippen molar-refractivity contribution in [1.82, 2.24) is 9.80 Å². The quantitative estimate of drug-likeness (QED) is 0.837. The maximum absolute atomic E-state index is 13.3. The Morgan fingerprint density at radius 2 is 2.16 bits per heavy atom. The third-order valence-electron chi connectivity index (χ3n) is 3.86. The van der Waals surface area contributed by atoms with Gasteiger partial charge in [0.1, 0.15) is 5.82 Å². The van der Waals surface area contributed by atoms with Gasteiger partial charge in [-0.3, -0.25) is 4.90 Å². The van der Waals surface area contributed by atoms with Crippen LogP contribution in [-0.2, 0) is 6.54 Å². The molecular weight excluding hydrogens is 307 g/mol. The number of rotatable bonds is 3. The average molecular weight is 329 g/mol. The van der Waals surface area contributed by atoms with Crippen molar-refractivity contribution in [3.05, 3.63) is 34.1 Å². The van der Waals surface area contributed by atoms with E-state index >= 15 is 0 Å². The SMILES string of the molecule is CCC1CN(C)CCCN1Cc1ccc(F)c(Br)c1. The molecule has 0 N–H and O–H groups in total. The zero-order chi connectivity index (χ0) is 13.8. The Bertz CT molecular complexity index is 425. The molecule has 0 aromatic heterocycles. The van der Waals surface area contributed by atoms with E-state index in [2.05, 4.69) is 39.7 Å². The van der Waals surface area contributed by atoms with Gasteiger partial charge < -0.3 is 4.90 Å². The van der Waals surface area contributed by atoms with E-state index in [0.717, 1.165) is 26.1 Å². The van der Waals surface area contributed by atoms with E-state index in [1.807, 2.05) is 12.1 Å². The van der Waals surface area contributed by atoms with Crippen LogP contribution in [0.2, 0.25) is 0 Å². The maximum atomic E-state index is 13.3. The normalized spacial score (nSPS) is 22.4. The molecule has 1 aromatic rings. The summed E-state index contributed by atoms with van der Waals surface area (Å²) in [5.74, 6) is -0.189. The van der Waals surface area contributed by atoms with Crippen LogP contribution in [0.3, 0.4) is 0 Å². The van der Waals surface area contributed by atoms with Gasteiger partial charge in [0.2, 0.25) is 0 Å². The van der Waals surface area contributed by atoms with Crippen LogP contribution < -0.4 is 0 Å². The summed E-state index contributed by atoms with van der Waals surface area (Å²) in [5.41, 5.74) is 1.18. The standard InChI is InChI=1S/C15H22BrFN2/c1-3-13-11-18(2)7-4-8-19(13)10-12-5-6-15(17)14(16)9-12/h5-6,9,13H,3-4,7-8,10-11H2,1-2H3. The molecule has 0 bridgehead atoms. The summed E-state index contributed by atoms with van der Waals surface area (Å²) in [6.45, 7) is 6.57. The Morgan fingerprint density at radius 3 is 2.84 bits per heavy atom. The third-order valence-corrected chi connectivity index (χ3v) is 4.47. The van der Waals surface area contributed by atoms with E-state index in [1.54, 1.807) is 6.07 Å². The van der Waals surface area contributed by atoms with Gasteiger partial charge in [0, 0.05) is 25.7 Å². The average Bonchev–Trinajstić information content (AvgIpc) is 2.56. The van der Waals surface area contributed by atoms with Crippen LogP contribution in [0.4, 0.5) is 4.39 Å². The highest BCUT2D eigenvalue weighted by atomic mass is 79.9. The molecule has 1 atom stereocenters. The molecule has 1 unspecified atom stereocenters. The highest BCUT2D eigenvalue weighted by molar-refractivity contribution is 9.10. The van der Waals surface area contributed by atoms with E-state index in [9.17, 15) is 4.39 Å². The van der Waals surface area contributed by atoms with Gasteiger partial charge in [-0.15, -0.1) is 0 Å². The Hall–Kier alpha value is -0.450. The number of halogens is 2. The summed E-state index contributed by atoms with van der Waals surface area (Å²) in [6, 6.07) is 5.93. The van der Waals surface area contributed by atoms with E-state index in [4.69, 9.17) is 0 Å². The van der Waals surface area contributed by atoms with Gasteiger partial charge in [-0.25, -0.2) is 4.39 Å². The second kappa shape index (κ2) is 6.82. The lowest BCUT2D eigenvalue weighted by atomic mass is 10.1. The van der Waals surface area contributed by atoms with Crippen LogP contribution in [-0.4, -0.2) is 42.5 Å². The van der Waals surface area contributed by atoms with Crippen molar-refractivity contribution in [2.75, 3.05) is 26.7 Å². The number of nitrogens with zero attached hydrogens (tertiary/aromatic N) is 2. The van der Waals surface area contributed by atoms with E-state index in [0.29, 0.717) is 10.5 Å². The molecule has 1 aliphatic rings. The predicted molar refractivity (Wildman–Crippen MR) is 80.7 cm³/mol. The molecule has 1 heterocycles. The first-order valence-electron chi connectivity index (χ1n) is 6.96. The second-order valence-electron chi connectivity index (χ2n) is 5.40. The van der Waals surface area contributed by atoms with Crippen LogP contribution in [0.5, 0.6) is 0 Å². The summed E-state index contributed by atoms with van der Waals surface area (Å²) in [7, 11) is 2.20. The summed E-state index contributed by atoms with van der Waals surface area (Å²) in [4.78, 5) is 4.94. The molecule has 4 heteroatoms. The number of hydrogen-bond donors (Lipinski definition) is 0. The maximum Gasteiger partial charge on any atom is 0.137 e. The summed E-state index contributed by atoms with van der Waals surface area (Å²) in [6.07, 6.45) is 2.36. The van der Waals surface area contributed by atoms with Crippen molar-refractivity contribution in [3.63, 3.8) is 0 Å². The molecule has 106 valence electrons. The van der Waals surface area contributed by atoms with Crippen molar-refractivity contribution in [2.24, 2.45) is 0 Å². The first kappa shape index (κ1) is 14.9. The number of likely N-dealkylation sites (N-methyl/N-ethyl adjacent to an activating group) is 1. The lowest BCUT2D eigenvalue weighted by Crippen LogP contribution is -2.39. The zero-order valence-corrected chi connectivity index (χ0v) is 13.3. The summed E-state index contributed by atoms with van der Waals surface area (Å²) >= 11 is 3.27. The molecule has 19 heavy (non-hydrogen) atoms. The van der Waals surface area contributed by atoms with Crippen LogP contribution >= 0.6 is 15.9 Å². The smallest absolute Gasteiger partial charge is 0.137 e. The predicted octanol–water partition coefficient (Wildman–Crippen LogP) is 3.50. The minimum absolute atomic E-state index is 0.189. The molecule has 1 fully saturated rings. The zero-order valence-electron chi connectivity index (χ0n) is 11.7. The van der Waals surface area contributed by atoms with E-state index in [1.165, 1.54) is 18.5 Å². The Morgan fingerprint density at radius 1 is 1.37 bits per heavy atom. The van der Waals surface area contributed by atoms with Crippen LogP contribution in [0.1, 0.15) is 25.3 Å². The third kappa shape index (κ3) is 4.01. The van der Waals surface area contributed by atoms with Gasteiger partial charge in [-0.05, 0) is 60.1 Å². The number of hydrogen-bond acceptors (Lipinski definition) is 2. The van der Waals surface area contributed by atoms with E-state index in [-0.39, 0.29) is 5.82 Å². The minimum Gasteiger partial charge on any atom is -0.305 e. The molecule has 0 aliphatic carbocycles. The van der Waals surface area contributed by atoms with Crippen molar-refractivity contribution in [2.45, 2.75) is 32.4 Å². The minimum atomic E-state index is -0.189. The van der Waals surface area contributed by atoms with Crippen molar-refractivity contribution in [3.8, 4) is 0 Å². The van der Waals surface area contributed by atoms with Gasteiger partial charge in [-0.1, -0.05) is 13.0 Å². The molecule has 0 saturated carbocycles. The topological polar surface area (TPSA) is 6.48 Å². The van der Waals surface area contributed by atoms with Crippen LogP contribution in [0, 0.1) is 5.82 Å². The number of benzene rings is 1. The second-order valence-corrected chi connectivity index (χ2v) is 6.25. The molecule has 1 saturated heterocycles. The lowest BCUT2D eigenvalue weighted by molar-refractivity contribution is 0.176. The first-order valence-corrected chi connectivity index (χ1v) is 7.76. The van der Waals surface area contributed by atoms with Gasteiger partial charge in [-0.2, -0.15) is 0 Å². The molecule has 0 amide bonds. The van der Waals surface area contributed by atoms with Crippen LogP contribution in [0.15, 0.2) is 22.7 Å². The Labute approximate surface area is 123 Å². The van der Waals surface area contributed by atoms with E-state index < -0.39 is 0 Å². The van der Waals surface area contributed by atoms with Gasteiger partial charge in [0.25, 0.3) is 0 Å².